The third kappa shape index (κ3) is 4.35. The van der Waals surface area contributed by atoms with Crippen molar-refractivity contribution in [3.63, 3.8) is 0 Å². The van der Waals surface area contributed by atoms with E-state index in [-0.39, 0.29) is 12.4 Å². The topological polar surface area (TPSA) is 79.1 Å². The van der Waals surface area contributed by atoms with Crippen LogP contribution in [0.3, 0.4) is 0 Å². The van der Waals surface area contributed by atoms with Crippen molar-refractivity contribution < 1.29 is 10.2 Å². The number of rotatable bonds is 7. The highest BCUT2D eigenvalue weighted by Gasteiger charge is 2.19. The van der Waals surface area contributed by atoms with E-state index in [2.05, 4.69) is 17.1 Å². The van der Waals surface area contributed by atoms with Crippen molar-refractivity contribution >= 4 is 66.6 Å². The maximum atomic E-state index is 10.5. The van der Waals surface area contributed by atoms with Crippen LogP contribution in [0.5, 0.6) is 5.75 Å². The average molecular weight is 498 g/mol. The van der Waals surface area contributed by atoms with Crippen molar-refractivity contribution in [1.82, 2.24) is 15.0 Å². The van der Waals surface area contributed by atoms with Gasteiger partial charge in [-0.2, -0.15) is 0 Å². The van der Waals surface area contributed by atoms with Gasteiger partial charge in [-0.3, -0.25) is 4.98 Å². The number of pyridine rings is 1. The van der Waals surface area contributed by atoms with Crippen LogP contribution in [0, 0.1) is 6.92 Å². The number of nitrogens with zero attached hydrogens (tertiary/aromatic N) is 3. The van der Waals surface area contributed by atoms with Crippen molar-refractivity contribution in [2.24, 2.45) is 0 Å². The van der Waals surface area contributed by atoms with Crippen LogP contribution < -0.4 is 0 Å². The van der Waals surface area contributed by atoms with Gasteiger partial charge in [0.25, 0.3) is 0 Å². The Balaban J connectivity index is 1.42. The summed E-state index contributed by atoms with van der Waals surface area (Å²) in [6.45, 7) is 1.54. The van der Waals surface area contributed by atoms with Gasteiger partial charge in [-0.25, -0.2) is 9.97 Å². The van der Waals surface area contributed by atoms with E-state index in [1.807, 2.05) is 36.4 Å². The minimum atomic E-state index is -0.232. The Morgan fingerprint density at radius 1 is 0.781 bits per heavy atom. The molecule has 0 spiro atoms. The van der Waals surface area contributed by atoms with E-state index in [9.17, 15) is 10.2 Å². The fraction of sp³-hybridized carbons (Fsp3) is 0.174. The normalized spacial score (nSPS) is 11.6. The molecule has 0 aliphatic heterocycles. The summed E-state index contributed by atoms with van der Waals surface area (Å²) in [7, 11) is 0. The number of aliphatic hydroxyl groups is 1. The summed E-state index contributed by atoms with van der Waals surface area (Å²) >= 11 is 6.55. The number of hydrogen-bond acceptors (Lipinski definition) is 9. The van der Waals surface area contributed by atoms with Crippen molar-refractivity contribution in [2.45, 2.75) is 33.7 Å². The number of thioether (sulfide) groups is 2. The zero-order valence-corrected chi connectivity index (χ0v) is 20.4. The summed E-state index contributed by atoms with van der Waals surface area (Å²) in [4.78, 5) is 14.1. The second-order valence-electron chi connectivity index (χ2n) is 7.08. The third-order valence-corrected chi connectivity index (χ3v) is 9.42. The molecule has 0 fully saturated rings. The van der Waals surface area contributed by atoms with E-state index >= 15 is 0 Å². The first kappa shape index (κ1) is 21.7. The molecule has 0 unspecified atom stereocenters. The van der Waals surface area contributed by atoms with Gasteiger partial charge in [0, 0.05) is 17.1 Å². The van der Waals surface area contributed by atoms with E-state index in [0.717, 1.165) is 40.4 Å². The van der Waals surface area contributed by atoms with Crippen LogP contribution in [-0.2, 0) is 18.1 Å². The molecular weight excluding hydrogens is 479 g/mol. The molecular formula is C23H19N3O2S4. The summed E-state index contributed by atoms with van der Waals surface area (Å²) in [6, 6.07) is 16.2. The van der Waals surface area contributed by atoms with E-state index in [1.165, 1.54) is 0 Å². The zero-order chi connectivity index (χ0) is 22.1. The highest BCUT2D eigenvalue weighted by atomic mass is 32.2. The first-order valence-corrected chi connectivity index (χ1v) is 13.5. The highest BCUT2D eigenvalue weighted by molar-refractivity contribution is 8.00. The summed E-state index contributed by atoms with van der Waals surface area (Å²) < 4.78 is 4.25. The minimum Gasteiger partial charge on any atom is -0.506 e. The van der Waals surface area contributed by atoms with Gasteiger partial charge in [0.05, 0.1) is 38.4 Å². The van der Waals surface area contributed by atoms with Gasteiger partial charge in [-0.05, 0) is 36.8 Å². The molecule has 9 heteroatoms. The Morgan fingerprint density at radius 3 is 1.91 bits per heavy atom. The van der Waals surface area contributed by atoms with Crippen LogP contribution >= 0.6 is 46.2 Å². The number of benzene rings is 2. The molecule has 32 heavy (non-hydrogen) atoms. The lowest BCUT2D eigenvalue weighted by Gasteiger charge is -2.15. The second-order valence-corrected chi connectivity index (χ2v) is 11.6. The Morgan fingerprint density at radius 2 is 1.34 bits per heavy atom. The minimum absolute atomic E-state index is 0.0705. The van der Waals surface area contributed by atoms with Crippen LogP contribution in [0.25, 0.3) is 20.4 Å². The molecule has 0 aliphatic carbocycles. The molecule has 0 amide bonds. The number of aryl methyl sites for hydroxylation is 1. The van der Waals surface area contributed by atoms with E-state index in [0.29, 0.717) is 22.8 Å². The summed E-state index contributed by atoms with van der Waals surface area (Å²) in [5, 5.41) is 20.5. The SMILES string of the molecule is Cc1nc(CSc2nc3ccccc3s2)c(CSc2nc3ccccc3s2)c(CO)c1O. The third-order valence-electron chi connectivity index (χ3n) is 5.02. The molecule has 5 rings (SSSR count). The van der Waals surface area contributed by atoms with Crippen molar-refractivity contribution in [1.29, 1.82) is 0 Å². The molecule has 3 aromatic heterocycles. The maximum absolute atomic E-state index is 10.5. The fourth-order valence-electron chi connectivity index (χ4n) is 3.41. The molecule has 0 saturated heterocycles. The van der Waals surface area contributed by atoms with Crippen LogP contribution in [-0.4, -0.2) is 25.2 Å². The van der Waals surface area contributed by atoms with E-state index < -0.39 is 0 Å². The van der Waals surface area contributed by atoms with Gasteiger partial charge >= 0.3 is 0 Å². The van der Waals surface area contributed by atoms with Crippen LogP contribution in [0.1, 0.15) is 22.5 Å². The molecule has 162 valence electrons. The standard InChI is InChI=1S/C23H19N3O2S4/c1-13-21(28)14(10-27)15(11-29-22-25-16-6-2-4-8-19(16)31-22)18(24-13)12-30-23-26-17-7-3-5-9-20(17)32-23/h2-9,27-28H,10-12H2,1H3. The molecule has 5 aromatic rings. The van der Waals surface area contributed by atoms with Crippen LogP contribution in [0.2, 0.25) is 0 Å². The molecule has 2 aromatic carbocycles. The number of aromatic hydroxyl groups is 1. The maximum Gasteiger partial charge on any atom is 0.151 e. The number of para-hydroxylation sites is 2. The number of thiazole rings is 2. The molecule has 0 saturated carbocycles. The predicted molar refractivity (Wildman–Crippen MR) is 135 cm³/mol. The lowest BCUT2D eigenvalue weighted by atomic mass is 10.1. The summed E-state index contributed by atoms with van der Waals surface area (Å²) in [5.74, 6) is 1.26. The zero-order valence-electron chi connectivity index (χ0n) is 17.1. The average Bonchev–Trinajstić information content (AvgIpc) is 3.41. The number of hydrogen-bond donors (Lipinski definition) is 2. The fourth-order valence-corrected chi connectivity index (χ4v) is 7.60. The second kappa shape index (κ2) is 9.36. The monoisotopic (exact) mass is 497 g/mol. The number of fused-ring (bicyclic) bond motifs is 2. The molecule has 2 N–H and O–H groups in total. The number of aliphatic hydroxyl groups excluding tert-OH is 1. The van der Waals surface area contributed by atoms with Gasteiger partial charge in [0.15, 0.2) is 8.68 Å². The van der Waals surface area contributed by atoms with Gasteiger partial charge in [-0.15, -0.1) is 22.7 Å². The van der Waals surface area contributed by atoms with Gasteiger partial charge in [0.1, 0.15) is 5.75 Å². The Bertz CT molecular complexity index is 1350. The van der Waals surface area contributed by atoms with Gasteiger partial charge in [-0.1, -0.05) is 47.8 Å². The van der Waals surface area contributed by atoms with Crippen LogP contribution in [0.15, 0.2) is 57.2 Å². The first-order chi connectivity index (χ1) is 15.6. The summed E-state index contributed by atoms with van der Waals surface area (Å²) in [5.41, 5.74) is 4.79. The predicted octanol–water partition coefficient (Wildman–Crippen LogP) is 6.39. The molecule has 3 heterocycles. The molecule has 0 atom stereocenters. The van der Waals surface area contributed by atoms with E-state index in [4.69, 9.17) is 9.97 Å². The van der Waals surface area contributed by atoms with Crippen LogP contribution in [0.4, 0.5) is 0 Å². The van der Waals surface area contributed by atoms with Crippen molar-refractivity contribution in [2.75, 3.05) is 0 Å². The van der Waals surface area contributed by atoms with Crippen molar-refractivity contribution in [3.8, 4) is 5.75 Å². The molecule has 5 nitrogen and oxygen atoms in total. The molecule has 0 aliphatic rings. The van der Waals surface area contributed by atoms with Gasteiger partial charge < -0.3 is 10.2 Å². The lowest BCUT2D eigenvalue weighted by molar-refractivity contribution is 0.273. The number of aromatic nitrogens is 3. The van der Waals surface area contributed by atoms with E-state index in [1.54, 1.807) is 53.1 Å². The molecule has 0 bridgehead atoms. The smallest absolute Gasteiger partial charge is 0.151 e. The Labute approximate surface area is 201 Å². The lowest BCUT2D eigenvalue weighted by Crippen LogP contribution is -2.04. The Kier molecular flexibility index (Phi) is 6.34. The summed E-state index contributed by atoms with van der Waals surface area (Å²) in [6.07, 6.45) is 0. The highest BCUT2D eigenvalue weighted by Crippen LogP contribution is 2.38. The largest absolute Gasteiger partial charge is 0.506 e. The van der Waals surface area contributed by atoms with Gasteiger partial charge in [0.2, 0.25) is 0 Å². The van der Waals surface area contributed by atoms with Crippen molar-refractivity contribution in [3.05, 3.63) is 71.0 Å². The Hall–Kier alpha value is -2.17. The quantitative estimate of drug-likeness (QED) is 0.252. The first-order valence-electron chi connectivity index (χ1n) is 9.90. The molecule has 0 radical (unpaired) electrons.